The Morgan fingerprint density at radius 3 is 2.00 bits per heavy atom. The summed E-state index contributed by atoms with van der Waals surface area (Å²) < 4.78 is 39.0. The van der Waals surface area contributed by atoms with Crippen LogP contribution in [0.1, 0.15) is 11.1 Å². The SMILES string of the molecule is Cc1cc(C)c([N+](=O)[O-])cc1[N+]#N.F[B-](F)(F)F. The van der Waals surface area contributed by atoms with E-state index in [1.165, 1.54) is 6.07 Å². The van der Waals surface area contributed by atoms with Gasteiger partial charge in [0.15, 0.2) is 4.98 Å². The van der Waals surface area contributed by atoms with Crippen LogP contribution >= 0.6 is 0 Å². The van der Waals surface area contributed by atoms with Crippen LogP contribution in [0, 0.1) is 29.4 Å². The number of hydrogen-bond donors (Lipinski definition) is 0. The summed E-state index contributed by atoms with van der Waals surface area (Å²) in [6.07, 6.45) is 0. The summed E-state index contributed by atoms with van der Waals surface area (Å²) in [5.74, 6) is 0. The maximum atomic E-state index is 10.5. The summed E-state index contributed by atoms with van der Waals surface area (Å²) in [6.45, 7) is 3.37. The first-order valence-electron chi connectivity index (χ1n) is 4.54. The Balaban J connectivity index is 0.000000494. The molecule has 1 aromatic rings. The highest BCUT2D eigenvalue weighted by molar-refractivity contribution is 6.50. The average molecular weight is 265 g/mol. The van der Waals surface area contributed by atoms with Gasteiger partial charge in [0.1, 0.15) is 6.07 Å². The van der Waals surface area contributed by atoms with E-state index < -0.39 is 12.2 Å². The minimum atomic E-state index is -6.00. The van der Waals surface area contributed by atoms with Crippen molar-refractivity contribution in [1.29, 1.82) is 5.39 Å². The van der Waals surface area contributed by atoms with Crippen molar-refractivity contribution >= 4 is 18.6 Å². The number of hydrogen-bond acceptors (Lipinski definition) is 3. The van der Waals surface area contributed by atoms with Gasteiger partial charge >= 0.3 is 12.9 Å². The van der Waals surface area contributed by atoms with Gasteiger partial charge in [-0.1, -0.05) is 0 Å². The summed E-state index contributed by atoms with van der Waals surface area (Å²) >= 11 is 0. The maximum absolute atomic E-state index is 10.5. The van der Waals surface area contributed by atoms with Crippen LogP contribution in [0.3, 0.4) is 0 Å². The Labute approximate surface area is 99.3 Å². The van der Waals surface area contributed by atoms with Crippen molar-refractivity contribution in [3.05, 3.63) is 38.3 Å². The molecule has 0 unspecified atom stereocenters. The number of rotatable bonds is 1. The van der Waals surface area contributed by atoms with Crippen molar-refractivity contribution in [2.75, 3.05) is 0 Å². The van der Waals surface area contributed by atoms with E-state index in [1.54, 1.807) is 19.9 Å². The summed E-state index contributed by atoms with van der Waals surface area (Å²) in [5.41, 5.74) is 1.48. The molecule has 0 fully saturated rings. The van der Waals surface area contributed by atoms with Gasteiger partial charge in [-0.15, -0.1) is 0 Å². The van der Waals surface area contributed by atoms with Crippen LogP contribution in [-0.2, 0) is 0 Å². The highest BCUT2D eigenvalue weighted by atomic mass is 19.5. The molecule has 0 saturated heterocycles. The van der Waals surface area contributed by atoms with E-state index in [0.29, 0.717) is 11.1 Å². The van der Waals surface area contributed by atoms with Gasteiger partial charge in [0.25, 0.3) is 5.69 Å². The van der Waals surface area contributed by atoms with Crippen LogP contribution in [0.5, 0.6) is 0 Å². The monoisotopic (exact) mass is 265 g/mol. The van der Waals surface area contributed by atoms with Crippen molar-refractivity contribution in [3.8, 4) is 0 Å². The lowest BCUT2D eigenvalue weighted by molar-refractivity contribution is -0.385. The Hall–Kier alpha value is -2.18. The van der Waals surface area contributed by atoms with Gasteiger partial charge in [0.2, 0.25) is 5.39 Å². The van der Waals surface area contributed by atoms with Crippen molar-refractivity contribution in [1.82, 2.24) is 0 Å². The predicted molar refractivity (Wildman–Crippen MR) is 57.5 cm³/mol. The average Bonchev–Trinajstić information content (AvgIpc) is 2.14. The molecule has 0 saturated carbocycles. The van der Waals surface area contributed by atoms with Gasteiger partial charge in [0, 0.05) is 11.1 Å². The third kappa shape index (κ3) is 5.79. The standard InChI is InChI=1S/C8H8N3O2.BF4/c1-5-3-6(2)8(11(12)13)4-7(5)10-9;2-1(3,4)5/h3-4H,1-2H3;/q+1;-1. The van der Waals surface area contributed by atoms with Gasteiger partial charge in [0.05, 0.1) is 4.92 Å². The molecule has 1 aromatic carbocycles. The second-order valence-corrected chi connectivity index (χ2v) is 3.28. The van der Waals surface area contributed by atoms with E-state index in [4.69, 9.17) is 5.39 Å². The molecule has 0 aromatic heterocycles. The number of halogens is 4. The minimum Gasteiger partial charge on any atom is -0.418 e. The maximum Gasteiger partial charge on any atom is 0.673 e. The first kappa shape index (κ1) is 15.8. The van der Waals surface area contributed by atoms with Gasteiger partial charge in [-0.2, -0.15) is 0 Å². The molecule has 0 radical (unpaired) electrons. The van der Waals surface area contributed by atoms with Gasteiger partial charge in [-0.3, -0.25) is 10.1 Å². The molecule has 0 heterocycles. The lowest BCUT2D eigenvalue weighted by Crippen LogP contribution is -2.02. The van der Waals surface area contributed by atoms with Crippen molar-refractivity contribution in [2.45, 2.75) is 13.8 Å². The third-order valence-corrected chi connectivity index (χ3v) is 1.82. The first-order chi connectivity index (χ1) is 8.06. The fourth-order valence-electron chi connectivity index (χ4n) is 1.13. The lowest BCUT2D eigenvalue weighted by atomic mass is 10.1. The second-order valence-electron chi connectivity index (χ2n) is 3.28. The van der Waals surface area contributed by atoms with E-state index in [2.05, 4.69) is 4.98 Å². The fraction of sp³-hybridized carbons (Fsp3) is 0.250. The summed E-state index contributed by atoms with van der Waals surface area (Å²) in [7, 11) is -6.00. The van der Waals surface area contributed by atoms with Gasteiger partial charge < -0.3 is 17.3 Å². The number of benzene rings is 1. The first-order valence-corrected chi connectivity index (χ1v) is 4.54. The van der Waals surface area contributed by atoms with Crippen LogP contribution in [0.4, 0.5) is 28.6 Å². The van der Waals surface area contributed by atoms with Gasteiger partial charge in [-0.05, 0) is 19.9 Å². The fourth-order valence-corrected chi connectivity index (χ4v) is 1.13. The van der Waals surface area contributed by atoms with Crippen molar-refractivity contribution in [3.63, 3.8) is 0 Å². The normalized spacial score (nSPS) is 10.1. The molecule has 0 aliphatic carbocycles. The quantitative estimate of drug-likeness (QED) is 0.253. The number of nitro groups is 1. The molecule has 1 rings (SSSR count). The van der Waals surface area contributed by atoms with E-state index in [9.17, 15) is 27.4 Å². The van der Waals surface area contributed by atoms with E-state index in [1.807, 2.05) is 0 Å². The van der Waals surface area contributed by atoms with E-state index in [-0.39, 0.29) is 11.4 Å². The van der Waals surface area contributed by atoms with Crippen LogP contribution < -0.4 is 0 Å². The van der Waals surface area contributed by atoms with Crippen LogP contribution in [0.15, 0.2) is 12.1 Å². The zero-order chi connectivity index (χ0) is 14.5. The van der Waals surface area contributed by atoms with Crippen molar-refractivity contribution < 1.29 is 22.2 Å². The number of nitro benzene ring substituents is 1. The summed E-state index contributed by atoms with van der Waals surface area (Å²) in [4.78, 5) is 12.9. The largest absolute Gasteiger partial charge is 0.673 e. The predicted octanol–water partition coefficient (Wildman–Crippen LogP) is 4.00. The second kappa shape index (κ2) is 5.95. The minimum absolute atomic E-state index is 0.0293. The number of nitrogens with zero attached hydrogens (tertiary/aromatic N) is 3. The number of diazo groups is 1. The van der Waals surface area contributed by atoms with E-state index in [0.717, 1.165) is 0 Å². The van der Waals surface area contributed by atoms with E-state index >= 15 is 0 Å². The Morgan fingerprint density at radius 2 is 1.67 bits per heavy atom. The zero-order valence-electron chi connectivity index (χ0n) is 9.40. The Bertz CT molecular complexity index is 492. The zero-order valence-corrected chi connectivity index (χ0v) is 9.40. The Morgan fingerprint density at radius 1 is 1.22 bits per heavy atom. The molecule has 0 aliphatic heterocycles. The molecule has 10 heteroatoms. The lowest BCUT2D eigenvalue weighted by Gasteiger charge is -1.94. The molecule has 0 bridgehead atoms. The molecular weight excluding hydrogens is 257 g/mol. The van der Waals surface area contributed by atoms with Crippen LogP contribution in [0.25, 0.3) is 4.98 Å². The van der Waals surface area contributed by atoms with Crippen molar-refractivity contribution in [2.24, 2.45) is 0 Å². The molecule has 0 N–H and O–H groups in total. The molecule has 0 amide bonds. The van der Waals surface area contributed by atoms with Crippen LogP contribution in [-0.4, -0.2) is 12.2 Å². The molecule has 5 nitrogen and oxygen atoms in total. The topological polar surface area (TPSA) is 71.3 Å². The molecule has 0 atom stereocenters. The molecule has 98 valence electrons. The number of aryl methyl sites for hydroxylation is 2. The molecule has 0 aliphatic rings. The Kier molecular flexibility index (Phi) is 5.23. The van der Waals surface area contributed by atoms with Gasteiger partial charge in [-0.25, -0.2) is 0 Å². The summed E-state index contributed by atoms with van der Waals surface area (Å²) in [5, 5.41) is 19.0. The molecule has 18 heavy (non-hydrogen) atoms. The summed E-state index contributed by atoms with van der Waals surface area (Å²) in [6, 6.07) is 2.87. The molecule has 0 spiro atoms. The highest BCUT2D eigenvalue weighted by Crippen LogP contribution is 2.27. The smallest absolute Gasteiger partial charge is 0.418 e. The third-order valence-electron chi connectivity index (χ3n) is 1.82. The molecular formula is C8H8BF4N3O2. The van der Waals surface area contributed by atoms with Crippen LogP contribution in [0.2, 0.25) is 0 Å². The highest BCUT2D eigenvalue weighted by Gasteiger charge is 2.21.